The lowest BCUT2D eigenvalue weighted by Crippen LogP contribution is -2.46. The molecule has 2 aliphatic rings. The summed E-state index contributed by atoms with van der Waals surface area (Å²) in [4.78, 5) is 16.5. The number of hydrogen-bond acceptors (Lipinski definition) is 3. The SMILES string of the molecule is Cc1ccc(CNC(=O)N2CCC(N3CCOCC3)C2)cc1F. The zero-order chi connectivity index (χ0) is 16.2. The van der Waals surface area contributed by atoms with Crippen LogP contribution in [0.5, 0.6) is 0 Å². The number of carbonyl (C=O) groups is 1. The number of halogens is 1. The molecule has 0 spiro atoms. The van der Waals surface area contributed by atoms with Crippen LogP contribution in [0.2, 0.25) is 0 Å². The van der Waals surface area contributed by atoms with Crippen LogP contribution < -0.4 is 5.32 Å². The Morgan fingerprint density at radius 2 is 2.13 bits per heavy atom. The van der Waals surface area contributed by atoms with Crippen LogP contribution in [-0.4, -0.2) is 61.3 Å². The summed E-state index contributed by atoms with van der Waals surface area (Å²) in [7, 11) is 0. The molecule has 1 unspecified atom stereocenters. The number of urea groups is 1. The Morgan fingerprint density at radius 3 is 2.87 bits per heavy atom. The van der Waals surface area contributed by atoms with Gasteiger partial charge in [0.2, 0.25) is 0 Å². The number of amides is 2. The maximum Gasteiger partial charge on any atom is 0.317 e. The Labute approximate surface area is 136 Å². The van der Waals surface area contributed by atoms with Gasteiger partial charge in [0.15, 0.2) is 0 Å². The van der Waals surface area contributed by atoms with Gasteiger partial charge in [-0.3, -0.25) is 4.90 Å². The van der Waals surface area contributed by atoms with Gasteiger partial charge in [-0.2, -0.15) is 0 Å². The first-order chi connectivity index (χ1) is 11.1. The number of nitrogens with zero attached hydrogens (tertiary/aromatic N) is 2. The van der Waals surface area contributed by atoms with Gasteiger partial charge in [-0.25, -0.2) is 9.18 Å². The lowest BCUT2D eigenvalue weighted by molar-refractivity contribution is 0.0191. The molecule has 126 valence electrons. The van der Waals surface area contributed by atoms with Gasteiger partial charge in [-0.1, -0.05) is 12.1 Å². The Bertz CT molecular complexity index is 561. The highest BCUT2D eigenvalue weighted by molar-refractivity contribution is 5.74. The number of benzene rings is 1. The molecule has 0 bridgehead atoms. The fourth-order valence-electron chi connectivity index (χ4n) is 3.20. The summed E-state index contributed by atoms with van der Waals surface area (Å²) < 4.78 is 18.9. The van der Waals surface area contributed by atoms with Crippen molar-refractivity contribution >= 4 is 6.03 Å². The molecule has 0 aromatic heterocycles. The predicted molar refractivity (Wildman–Crippen MR) is 85.7 cm³/mol. The van der Waals surface area contributed by atoms with Crippen molar-refractivity contribution in [1.82, 2.24) is 15.1 Å². The van der Waals surface area contributed by atoms with E-state index in [-0.39, 0.29) is 11.8 Å². The highest BCUT2D eigenvalue weighted by Gasteiger charge is 2.30. The molecule has 23 heavy (non-hydrogen) atoms. The number of rotatable bonds is 3. The van der Waals surface area contributed by atoms with Gasteiger partial charge in [-0.15, -0.1) is 0 Å². The van der Waals surface area contributed by atoms with Crippen LogP contribution in [0.1, 0.15) is 17.5 Å². The van der Waals surface area contributed by atoms with Crippen molar-refractivity contribution < 1.29 is 13.9 Å². The molecule has 2 heterocycles. The summed E-state index contributed by atoms with van der Waals surface area (Å²) in [5.41, 5.74) is 1.40. The molecule has 1 aromatic rings. The second-order valence-electron chi connectivity index (χ2n) is 6.28. The standard InChI is InChI=1S/C17H24FN3O2/c1-13-2-3-14(10-16(13)18)11-19-17(22)21-5-4-15(12-21)20-6-8-23-9-7-20/h2-3,10,15H,4-9,11-12H2,1H3,(H,19,22). The largest absolute Gasteiger partial charge is 0.379 e. The number of ether oxygens (including phenoxy) is 1. The van der Waals surface area contributed by atoms with Crippen molar-refractivity contribution in [2.45, 2.75) is 25.9 Å². The minimum atomic E-state index is -0.231. The first-order valence-electron chi connectivity index (χ1n) is 8.23. The first-order valence-corrected chi connectivity index (χ1v) is 8.23. The molecule has 0 aliphatic carbocycles. The molecule has 2 fully saturated rings. The maximum atomic E-state index is 13.5. The van der Waals surface area contributed by atoms with Gasteiger partial charge in [0.05, 0.1) is 13.2 Å². The fourth-order valence-corrected chi connectivity index (χ4v) is 3.20. The Kier molecular flexibility index (Phi) is 5.13. The van der Waals surface area contributed by atoms with Crippen molar-refractivity contribution in [3.63, 3.8) is 0 Å². The Balaban J connectivity index is 1.48. The monoisotopic (exact) mass is 321 g/mol. The molecule has 0 radical (unpaired) electrons. The van der Waals surface area contributed by atoms with E-state index >= 15 is 0 Å². The van der Waals surface area contributed by atoms with E-state index in [1.165, 1.54) is 6.07 Å². The summed E-state index contributed by atoms with van der Waals surface area (Å²) >= 11 is 0. The van der Waals surface area contributed by atoms with Crippen LogP contribution in [-0.2, 0) is 11.3 Å². The molecule has 2 saturated heterocycles. The topological polar surface area (TPSA) is 44.8 Å². The molecule has 1 N–H and O–H groups in total. The van der Waals surface area contributed by atoms with Gasteiger partial charge in [0.1, 0.15) is 5.82 Å². The van der Waals surface area contributed by atoms with Crippen LogP contribution in [0, 0.1) is 12.7 Å². The lowest BCUT2D eigenvalue weighted by atomic mass is 10.1. The van der Waals surface area contributed by atoms with Crippen molar-refractivity contribution in [3.05, 3.63) is 35.1 Å². The molecular weight excluding hydrogens is 297 g/mol. The number of hydrogen-bond donors (Lipinski definition) is 1. The van der Waals surface area contributed by atoms with E-state index in [0.29, 0.717) is 18.2 Å². The van der Waals surface area contributed by atoms with Crippen molar-refractivity contribution in [1.29, 1.82) is 0 Å². The highest BCUT2D eigenvalue weighted by Crippen LogP contribution is 2.17. The zero-order valence-corrected chi connectivity index (χ0v) is 13.6. The predicted octanol–water partition coefficient (Wildman–Crippen LogP) is 1.75. The van der Waals surface area contributed by atoms with Crippen molar-refractivity contribution in [2.75, 3.05) is 39.4 Å². The van der Waals surface area contributed by atoms with Gasteiger partial charge >= 0.3 is 6.03 Å². The smallest absolute Gasteiger partial charge is 0.317 e. The third-order valence-electron chi connectivity index (χ3n) is 4.69. The minimum absolute atomic E-state index is 0.0678. The van der Waals surface area contributed by atoms with Gasteiger partial charge < -0.3 is 15.0 Å². The molecular formula is C17H24FN3O2. The lowest BCUT2D eigenvalue weighted by Gasteiger charge is -2.32. The molecule has 1 aromatic carbocycles. The number of morpholine rings is 1. The van der Waals surface area contributed by atoms with Crippen LogP contribution in [0.25, 0.3) is 0 Å². The van der Waals surface area contributed by atoms with E-state index in [2.05, 4.69) is 10.2 Å². The minimum Gasteiger partial charge on any atom is -0.379 e. The van der Waals surface area contributed by atoms with Crippen LogP contribution >= 0.6 is 0 Å². The molecule has 6 heteroatoms. The highest BCUT2D eigenvalue weighted by atomic mass is 19.1. The van der Waals surface area contributed by atoms with Gasteiger partial charge in [0, 0.05) is 38.8 Å². The van der Waals surface area contributed by atoms with Crippen LogP contribution in [0.4, 0.5) is 9.18 Å². The Morgan fingerprint density at radius 1 is 1.35 bits per heavy atom. The second-order valence-corrected chi connectivity index (χ2v) is 6.28. The van der Waals surface area contributed by atoms with E-state index in [0.717, 1.165) is 51.4 Å². The number of likely N-dealkylation sites (tertiary alicyclic amines) is 1. The van der Waals surface area contributed by atoms with E-state index in [1.807, 2.05) is 11.0 Å². The summed E-state index contributed by atoms with van der Waals surface area (Å²) in [5.74, 6) is -0.231. The molecule has 5 nitrogen and oxygen atoms in total. The maximum absolute atomic E-state index is 13.5. The summed E-state index contributed by atoms with van der Waals surface area (Å²) in [6, 6.07) is 5.43. The average Bonchev–Trinajstić information content (AvgIpc) is 3.06. The fraction of sp³-hybridized carbons (Fsp3) is 0.588. The van der Waals surface area contributed by atoms with Gasteiger partial charge in [0.25, 0.3) is 0 Å². The average molecular weight is 321 g/mol. The third-order valence-corrected chi connectivity index (χ3v) is 4.69. The van der Waals surface area contributed by atoms with E-state index in [1.54, 1.807) is 13.0 Å². The van der Waals surface area contributed by atoms with E-state index < -0.39 is 0 Å². The Hall–Kier alpha value is -1.66. The normalized spacial score (nSPS) is 22.3. The molecule has 0 saturated carbocycles. The molecule has 2 amide bonds. The number of aryl methyl sites for hydroxylation is 1. The quantitative estimate of drug-likeness (QED) is 0.922. The first kappa shape index (κ1) is 16.2. The molecule has 1 atom stereocenters. The molecule has 2 aliphatic heterocycles. The van der Waals surface area contributed by atoms with Crippen LogP contribution in [0.15, 0.2) is 18.2 Å². The summed E-state index contributed by atoms with van der Waals surface area (Å²) in [6.07, 6.45) is 1.01. The van der Waals surface area contributed by atoms with Crippen molar-refractivity contribution in [3.8, 4) is 0 Å². The van der Waals surface area contributed by atoms with E-state index in [4.69, 9.17) is 4.74 Å². The number of carbonyl (C=O) groups excluding carboxylic acids is 1. The summed E-state index contributed by atoms with van der Waals surface area (Å²) in [5, 5.41) is 2.89. The summed E-state index contributed by atoms with van der Waals surface area (Å²) in [6.45, 7) is 7.07. The van der Waals surface area contributed by atoms with Crippen molar-refractivity contribution in [2.24, 2.45) is 0 Å². The molecule has 3 rings (SSSR count). The second kappa shape index (κ2) is 7.27. The third kappa shape index (κ3) is 4.00. The van der Waals surface area contributed by atoms with Crippen LogP contribution in [0.3, 0.4) is 0 Å². The zero-order valence-electron chi connectivity index (χ0n) is 13.6. The van der Waals surface area contributed by atoms with E-state index in [9.17, 15) is 9.18 Å². The number of nitrogens with one attached hydrogen (secondary N) is 1. The van der Waals surface area contributed by atoms with Gasteiger partial charge in [-0.05, 0) is 30.5 Å².